The van der Waals surface area contributed by atoms with Crippen molar-refractivity contribution in [3.05, 3.63) is 84.1 Å². The summed E-state index contributed by atoms with van der Waals surface area (Å²) in [5.41, 5.74) is 4.03. The van der Waals surface area contributed by atoms with E-state index in [0.29, 0.717) is 12.0 Å². The van der Waals surface area contributed by atoms with E-state index in [-0.39, 0.29) is 5.78 Å². The molecule has 0 amide bonds. The molecule has 4 heteroatoms. The van der Waals surface area contributed by atoms with Gasteiger partial charge in [0.1, 0.15) is 11.7 Å². The molecular formula is C22H19N2O2. The normalized spacial score (nSPS) is 16.9. The van der Waals surface area contributed by atoms with Crippen molar-refractivity contribution in [1.82, 2.24) is 4.98 Å². The third-order valence-corrected chi connectivity index (χ3v) is 4.57. The van der Waals surface area contributed by atoms with Crippen LogP contribution in [0.4, 0.5) is 0 Å². The Balaban J connectivity index is 1.87. The molecule has 1 aliphatic rings. The number of nitrogens with zero attached hydrogens (tertiary/aromatic N) is 2. The maximum absolute atomic E-state index is 12.6. The highest BCUT2D eigenvalue weighted by atomic mass is 16.5. The summed E-state index contributed by atoms with van der Waals surface area (Å²) < 4.78 is 5.17. The van der Waals surface area contributed by atoms with Gasteiger partial charge < -0.3 is 4.74 Å². The Bertz CT molecular complexity index is 903. The number of nitriles is 1. The number of aromatic nitrogens is 1. The van der Waals surface area contributed by atoms with Gasteiger partial charge in [0.25, 0.3) is 0 Å². The first kappa shape index (κ1) is 17.6. The maximum Gasteiger partial charge on any atom is 0.180 e. The molecule has 2 aromatic rings. The first-order valence-electron chi connectivity index (χ1n) is 8.38. The molecule has 0 fully saturated rings. The summed E-state index contributed by atoms with van der Waals surface area (Å²) in [4.78, 5) is 16.6. The van der Waals surface area contributed by atoms with Crippen LogP contribution in [0.25, 0.3) is 5.57 Å². The number of rotatable bonds is 5. The Morgan fingerprint density at radius 2 is 1.85 bits per heavy atom. The summed E-state index contributed by atoms with van der Waals surface area (Å²) in [5.74, 6) is -0.212. The van der Waals surface area contributed by atoms with Gasteiger partial charge in [-0.1, -0.05) is 18.2 Å². The number of hydrogen-bond donors (Lipinski definition) is 0. The fourth-order valence-electron chi connectivity index (χ4n) is 3.05. The average Bonchev–Trinajstić information content (AvgIpc) is 2.70. The van der Waals surface area contributed by atoms with Crippen molar-refractivity contribution in [1.29, 1.82) is 5.26 Å². The minimum atomic E-state index is -0.811. The van der Waals surface area contributed by atoms with Crippen LogP contribution in [-0.2, 0) is 11.2 Å². The van der Waals surface area contributed by atoms with Crippen LogP contribution in [-0.4, -0.2) is 17.9 Å². The minimum absolute atomic E-state index is 0.216. The molecule has 0 bridgehead atoms. The van der Waals surface area contributed by atoms with Crippen LogP contribution < -0.4 is 4.74 Å². The van der Waals surface area contributed by atoms with E-state index in [1.54, 1.807) is 19.5 Å². The summed E-state index contributed by atoms with van der Waals surface area (Å²) in [6.45, 7) is 3.93. The zero-order valence-electron chi connectivity index (χ0n) is 14.6. The average molecular weight is 343 g/mol. The number of methoxy groups -OCH3 is 1. The molecule has 0 saturated heterocycles. The van der Waals surface area contributed by atoms with E-state index in [2.05, 4.69) is 18.0 Å². The number of pyridine rings is 1. The van der Waals surface area contributed by atoms with E-state index in [1.165, 1.54) is 0 Å². The standard InChI is InChI=1S/C22H19N2O2/c1-15-18(6-3-16-4-7-19(26-2)8-5-16)13-20(21(14-23)22(15)25)17-9-11-24-12-10-17/h4-5,7-13,21H,1,3,6H2,2H3. The Morgan fingerprint density at radius 3 is 2.46 bits per heavy atom. The Labute approximate surface area is 153 Å². The number of allylic oxidation sites excluding steroid dienone is 4. The number of carbonyl (C=O) groups excluding carboxylic acids is 1. The van der Waals surface area contributed by atoms with Crippen LogP contribution in [0, 0.1) is 24.2 Å². The number of Topliss-reactive ketones (excluding diaryl/α,β-unsaturated/α-hetero) is 1. The number of aryl methyl sites for hydroxylation is 1. The van der Waals surface area contributed by atoms with Gasteiger partial charge in [-0.05, 0) is 66.3 Å². The van der Waals surface area contributed by atoms with E-state index in [1.807, 2.05) is 42.5 Å². The smallest absolute Gasteiger partial charge is 0.180 e. The number of benzene rings is 1. The molecule has 1 radical (unpaired) electrons. The molecule has 0 spiro atoms. The highest BCUT2D eigenvalue weighted by Gasteiger charge is 2.30. The van der Waals surface area contributed by atoms with Crippen LogP contribution in [0.1, 0.15) is 17.5 Å². The molecule has 4 nitrogen and oxygen atoms in total. The lowest BCUT2D eigenvalue weighted by Crippen LogP contribution is -2.21. The fraction of sp³-hybridized carbons (Fsp3) is 0.182. The Morgan fingerprint density at radius 1 is 1.15 bits per heavy atom. The molecule has 0 saturated carbocycles. The van der Waals surface area contributed by atoms with Gasteiger partial charge in [-0.3, -0.25) is 9.78 Å². The molecule has 1 atom stereocenters. The number of ketones is 1. The lowest BCUT2D eigenvalue weighted by Gasteiger charge is -2.21. The van der Waals surface area contributed by atoms with Gasteiger partial charge in [-0.15, -0.1) is 0 Å². The molecular weight excluding hydrogens is 324 g/mol. The first-order valence-corrected chi connectivity index (χ1v) is 8.38. The first-order chi connectivity index (χ1) is 12.6. The third kappa shape index (κ3) is 3.57. The van der Waals surface area contributed by atoms with Crippen molar-refractivity contribution in [3.8, 4) is 11.8 Å². The van der Waals surface area contributed by atoms with Gasteiger partial charge in [-0.2, -0.15) is 5.26 Å². The second-order valence-corrected chi connectivity index (χ2v) is 6.11. The monoisotopic (exact) mass is 343 g/mol. The van der Waals surface area contributed by atoms with Crippen molar-refractivity contribution >= 4 is 11.4 Å². The molecule has 26 heavy (non-hydrogen) atoms. The lowest BCUT2D eigenvalue weighted by atomic mass is 9.79. The zero-order valence-corrected chi connectivity index (χ0v) is 14.6. The highest BCUT2D eigenvalue weighted by Crippen LogP contribution is 2.34. The third-order valence-electron chi connectivity index (χ3n) is 4.57. The van der Waals surface area contributed by atoms with E-state index >= 15 is 0 Å². The van der Waals surface area contributed by atoms with Crippen molar-refractivity contribution in [2.45, 2.75) is 12.8 Å². The fourth-order valence-corrected chi connectivity index (χ4v) is 3.05. The lowest BCUT2D eigenvalue weighted by molar-refractivity contribution is -0.116. The topological polar surface area (TPSA) is 63.0 Å². The molecule has 1 aliphatic carbocycles. The highest BCUT2D eigenvalue weighted by molar-refractivity contribution is 6.10. The molecule has 0 N–H and O–H groups in total. The van der Waals surface area contributed by atoms with Crippen molar-refractivity contribution in [2.75, 3.05) is 7.11 Å². The van der Waals surface area contributed by atoms with Gasteiger partial charge in [0, 0.05) is 18.0 Å². The van der Waals surface area contributed by atoms with Crippen molar-refractivity contribution in [3.63, 3.8) is 0 Å². The van der Waals surface area contributed by atoms with Gasteiger partial charge in [0.15, 0.2) is 5.78 Å². The van der Waals surface area contributed by atoms with Crippen molar-refractivity contribution in [2.24, 2.45) is 5.92 Å². The maximum atomic E-state index is 12.6. The Kier molecular flexibility index (Phi) is 5.28. The van der Waals surface area contributed by atoms with Crippen molar-refractivity contribution < 1.29 is 9.53 Å². The van der Waals surface area contributed by atoms with Gasteiger partial charge in [0.2, 0.25) is 0 Å². The number of carbonyl (C=O) groups is 1. The number of ether oxygens (including phenoxy) is 1. The predicted octanol–water partition coefficient (Wildman–Crippen LogP) is 3.96. The van der Waals surface area contributed by atoms with Crippen LogP contribution in [0.3, 0.4) is 0 Å². The summed E-state index contributed by atoms with van der Waals surface area (Å²) in [6.07, 6.45) is 6.73. The SMILES string of the molecule is [CH2]C1=C(CCc2ccc(OC)cc2)C=C(c2ccncc2)C(C#N)C1=O. The van der Waals surface area contributed by atoms with Crippen LogP contribution in [0.2, 0.25) is 0 Å². The van der Waals surface area contributed by atoms with E-state index in [0.717, 1.165) is 34.4 Å². The summed E-state index contributed by atoms with van der Waals surface area (Å²) >= 11 is 0. The summed E-state index contributed by atoms with van der Waals surface area (Å²) in [5, 5.41) is 9.46. The second-order valence-electron chi connectivity index (χ2n) is 6.11. The minimum Gasteiger partial charge on any atom is -0.497 e. The van der Waals surface area contributed by atoms with Crippen LogP contribution in [0.15, 0.2) is 66.0 Å². The zero-order chi connectivity index (χ0) is 18.5. The molecule has 1 unspecified atom stereocenters. The second kappa shape index (κ2) is 7.79. The molecule has 1 aromatic carbocycles. The van der Waals surface area contributed by atoms with Crippen LogP contribution >= 0.6 is 0 Å². The van der Waals surface area contributed by atoms with Gasteiger partial charge in [-0.25, -0.2) is 0 Å². The molecule has 3 rings (SSSR count). The molecule has 1 aromatic heterocycles. The predicted molar refractivity (Wildman–Crippen MR) is 100 cm³/mol. The van der Waals surface area contributed by atoms with E-state index in [9.17, 15) is 10.1 Å². The van der Waals surface area contributed by atoms with E-state index < -0.39 is 5.92 Å². The summed E-state index contributed by atoms with van der Waals surface area (Å²) in [6, 6.07) is 13.6. The van der Waals surface area contributed by atoms with Gasteiger partial charge in [0.05, 0.1) is 13.2 Å². The quantitative estimate of drug-likeness (QED) is 0.824. The number of hydrogen-bond acceptors (Lipinski definition) is 4. The van der Waals surface area contributed by atoms with Crippen LogP contribution in [0.5, 0.6) is 5.75 Å². The molecule has 1 heterocycles. The Hall–Kier alpha value is -3.19. The van der Waals surface area contributed by atoms with E-state index in [4.69, 9.17) is 4.74 Å². The molecule has 0 aliphatic heterocycles. The largest absolute Gasteiger partial charge is 0.497 e. The molecule has 129 valence electrons. The van der Waals surface area contributed by atoms with Gasteiger partial charge >= 0.3 is 0 Å². The summed E-state index contributed by atoms with van der Waals surface area (Å²) in [7, 11) is 1.64.